The highest BCUT2D eigenvalue weighted by Gasteiger charge is 1.97. The molecule has 0 fully saturated rings. The van der Waals surface area contributed by atoms with E-state index in [-0.39, 0.29) is 0 Å². The van der Waals surface area contributed by atoms with Crippen LogP contribution in [0.4, 0.5) is 0 Å². The molecule has 3 heteroatoms. The summed E-state index contributed by atoms with van der Waals surface area (Å²) < 4.78 is 0. The number of nitrogens with zero attached hydrogens (tertiary/aromatic N) is 1. The number of hydrogen-bond donors (Lipinski definition) is 1. The molecular weight excluding hydrogens is 216 g/mol. The van der Waals surface area contributed by atoms with Crippen LogP contribution in [0.2, 0.25) is 0 Å². The van der Waals surface area contributed by atoms with Gasteiger partial charge in [0.1, 0.15) is 0 Å². The van der Waals surface area contributed by atoms with Gasteiger partial charge in [-0.3, -0.25) is 0 Å². The van der Waals surface area contributed by atoms with Gasteiger partial charge in [0, 0.05) is 12.7 Å². The summed E-state index contributed by atoms with van der Waals surface area (Å²) in [6.07, 6.45) is 3.18. The van der Waals surface area contributed by atoms with E-state index >= 15 is 0 Å². The van der Waals surface area contributed by atoms with Crippen molar-refractivity contribution in [2.75, 3.05) is 12.3 Å². The Bertz CT molecular complexity index is 282. The van der Waals surface area contributed by atoms with Gasteiger partial charge in [-0.25, -0.2) is 4.98 Å². The van der Waals surface area contributed by atoms with Gasteiger partial charge in [-0.15, -0.1) is 11.8 Å². The molecule has 0 saturated heterocycles. The standard InChI is InChI=1S/C13H22N2S/c1-4-7-16-13-6-5-12(10-15-13)9-14-8-11(2)3/h5-6,10-11,14H,4,7-9H2,1-3H3. The van der Waals surface area contributed by atoms with Crippen LogP contribution >= 0.6 is 11.8 Å². The molecule has 0 spiro atoms. The van der Waals surface area contributed by atoms with E-state index in [9.17, 15) is 0 Å². The van der Waals surface area contributed by atoms with Crippen molar-refractivity contribution in [2.45, 2.75) is 38.8 Å². The summed E-state index contributed by atoms with van der Waals surface area (Å²) >= 11 is 1.83. The molecule has 0 radical (unpaired) electrons. The molecule has 0 atom stereocenters. The summed E-state index contributed by atoms with van der Waals surface area (Å²) in [6, 6.07) is 4.28. The van der Waals surface area contributed by atoms with Crippen LogP contribution in [0.1, 0.15) is 32.8 Å². The normalized spacial score (nSPS) is 11.0. The van der Waals surface area contributed by atoms with Gasteiger partial charge in [-0.1, -0.05) is 26.8 Å². The number of hydrogen-bond acceptors (Lipinski definition) is 3. The second-order valence-corrected chi connectivity index (χ2v) is 5.49. The van der Waals surface area contributed by atoms with Crippen LogP contribution in [0.25, 0.3) is 0 Å². The molecule has 1 aromatic heterocycles. The summed E-state index contributed by atoms with van der Waals surface area (Å²) in [5, 5.41) is 4.55. The fraction of sp³-hybridized carbons (Fsp3) is 0.615. The van der Waals surface area contributed by atoms with E-state index in [4.69, 9.17) is 0 Å². The van der Waals surface area contributed by atoms with Gasteiger partial charge in [-0.2, -0.15) is 0 Å². The van der Waals surface area contributed by atoms with Gasteiger partial charge in [0.25, 0.3) is 0 Å². The first-order valence-corrected chi connectivity index (χ1v) is 6.99. The molecule has 2 nitrogen and oxygen atoms in total. The third kappa shape index (κ3) is 5.52. The lowest BCUT2D eigenvalue weighted by Crippen LogP contribution is -2.18. The summed E-state index contributed by atoms with van der Waals surface area (Å²) in [7, 11) is 0. The van der Waals surface area contributed by atoms with Gasteiger partial charge < -0.3 is 5.32 Å². The van der Waals surface area contributed by atoms with Crippen molar-refractivity contribution in [3.8, 4) is 0 Å². The van der Waals surface area contributed by atoms with Crippen molar-refractivity contribution in [3.63, 3.8) is 0 Å². The minimum atomic E-state index is 0.701. The predicted molar refractivity (Wildman–Crippen MR) is 71.8 cm³/mol. The Morgan fingerprint density at radius 1 is 1.38 bits per heavy atom. The molecule has 90 valence electrons. The molecule has 1 aromatic rings. The molecular formula is C13H22N2S. The summed E-state index contributed by atoms with van der Waals surface area (Å²) in [5.41, 5.74) is 1.27. The molecule has 1 N–H and O–H groups in total. The molecule has 0 saturated carbocycles. The lowest BCUT2D eigenvalue weighted by atomic mass is 10.2. The monoisotopic (exact) mass is 238 g/mol. The maximum atomic E-state index is 4.44. The zero-order valence-electron chi connectivity index (χ0n) is 10.5. The second-order valence-electron chi connectivity index (χ2n) is 4.38. The lowest BCUT2D eigenvalue weighted by molar-refractivity contribution is 0.551. The van der Waals surface area contributed by atoms with E-state index in [2.05, 4.69) is 43.2 Å². The molecule has 0 aliphatic carbocycles. The molecule has 0 unspecified atom stereocenters. The van der Waals surface area contributed by atoms with Gasteiger partial charge in [0.15, 0.2) is 0 Å². The van der Waals surface area contributed by atoms with Crippen LogP contribution in [0.15, 0.2) is 23.4 Å². The zero-order valence-corrected chi connectivity index (χ0v) is 11.3. The first-order valence-electron chi connectivity index (χ1n) is 6.00. The van der Waals surface area contributed by atoms with Crippen molar-refractivity contribution in [2.24, 2.45) is 5.92 Å². The third-order valence-corrected chi connectivity index (χ3v) is 3.28. The van der Waals surface area contributed by atoms with Crippen LogP contribution in [0.5, 0.6) is 0 Å². The average molecular weight is 238 g/mol. The maximum absolute atomic E-state index is 4.44. The minimum absolute atomic E-state index is 0.701. The largest absolute Gasteiger partial charge is 0.312 e. The molecule has 0 aliphatic heterocycles. The Balaban J connectivity index is 2.33. The smallest absolute Gasteiger partial charge is 0.0960 e. The Labute approximate surface area is 103 Å². The Hall–Kier alpha value is -0.540. The van der Waals surface area contributed by atoms with Crippen molar-refractivity contribution in [1.82, 2.24) is 10.3 Å². The molecule has 0 aromatic carbocycles. The van der Waals surface area contributed by atoms with Crippen LogP contribution in [-0.2, 0) is 6.54 Å². The predicted octanol–water partition coefficient (Wildman–Crippen LogP) is 3.33. The molecule has 1 rings (SSSR count). The lowest BCUT2D eigenvalue weighted by Gasteiger charge is -2.07. The molecule has 0 bridgehead atoms. The molecule has 0 aliphatic rings. The summed E-state index contributed by atoms with van der Waals surface area (Å²) in [6.45, 7) is 8.61. The Kier molecular flexibility index (Phi) is 6.50. The first kappa shape index (κ1) is 13.5. The van der Waals surface area contributed by atoms with Crippen LogP contribution in [-0.4, -0.2) is 17.3 Å². The highest BCUT2D eigenvalue weighted by molar-refractivity contribution is 7.99. The molecule has 0 amide bonds. The number of rotatable bonds is 7. The number of nitrogens with one attached hydrogen (secondary N) is 1. The first-order chi connectivity index (χ1) is 7.72. The minimum Gasteiger partial charge on any atom is -0.312 e. The topological polar surface area (TPSA) is 24.9 Å². The van der Waals surface area contributed by atoms with Crippen LogP contribution in [0, 0.1) is 5.92 Å². The number of pyridine rings is 1. The summed E-state index contributed by atoms with van der Waals surface area (Å²) in [5.74, 6) is 1.85. The molecule has 16 heavy (non-hydrogen) atoms. The Morgan fingerprint density at radius 2 is 2.19 bits per heavy atom. The fourth-order valence-electron chi connectivity index (χ4n) is 1.31. The van der Waals surface area contributed by atoms with Gasteiger partial charge in [0.2, 0.25) is 0 Å². The zero-order chi connectivity index (χ0) is 11.8. The van der Waals surface area contributed by atoms with Crippen molar-refractivity contribution in [1.29, 1.82) is 0 Å². The van der Waals surface area contributed by atoms with E-state index < -0.39 is 0 Å². The quantitative estimate of drug-likeness (QED) is 0.738. The van der Waals surface area contributed by atoms with E-state index in [1.165, 1.54) is 12.0 Å². The van der Waals surface area contributed by atoms with Crippen LogP contribution < -0.4 is 5.32 Å². The number of aromatic nitrogens is 1. The van der Waals surface area contributed by atoms with Gasteiger partial charge in [0.05, 0.1) is 5.03 Å². The van der Waals surface area contributed by atoms with Gasteiger partial charge in [-0.05, 0) is 36.3 Å². The number of thioether (sulfide) groups is 1. The highest BCUT2D eigenvalue weighted by atomic mass is 32.2. The second kappa shape index (κ2) is 7.69. The van der Waals surface area contributed by atoms with Crippen molar-refractivity contribution >= 4 is 11.8 Å². The average Bonchev–Trinajstić information content (AvgIpc) is 2.27. The highest BCUT2D eigenvalue weighted by Crippen LogP contribution is 2.15. The van der Waals surface area contributed by atoms with E-state index in [0.29, 0.717) is 5.92 Å². The van der Waals surface area contributed by atoms with E-state index in [1.807, 2.05) is 18.0 Å². The third-order valence-electron chi connectivity index (χ3n) is 2.13. The van der Waals surface area contributed by atoms with E-state index in [1.54, 1.807) is 0 Å². The van der Waals surface area contributed by atoms with Crippen LogP contribution in [0.3, 0.4) is 0 Å². The fourth-order valence-corrected chi connectivity index (χ4v) is 2.02. The Morgan fingerprint density at radius 3 is 2.75 bits per heavy atom. The van der Waals surface area contributed by atoms with Crippen molar-refractivity contribution < 1.29 is 0 Å². The molecule has 1 heterocycles. The summed E-state index contributed by atoms with van der Waals surface area (Å²) in [4.78, 5) is 4.44. The maximum Gasteiger partial charge on any atom is 0.0960 e. The van der Waals surface area contributed by atoms with Gasteiger partial charge >= 0.3 is 0 Å². The van der Waals surface area contributed by atoms with E-state index in [0.717, 1.165) is 23.9 Å². The SMILES string of the molecule is CCCSc1ccc(CNCC(C)C)cn1. The van der Waals surface area contributed by atoms with Crippen molar-refractivity contribution in [3.05, 3.63) is 23.9 Å².